The van der Waals surface area contributed by atoms with E-state index < -0.39 is 0 Å². The van der Waals surface area contributed by atoms with E-state index in [9.17, 15) is 4.79 Å². The second kappa shape index (κ2) is 6.08. The number of hydrogen-bond donors (Lipinski definition) is 0. The van der Waals surface area contributed by atoms with Crippen LogP contribution in [-0.4, -0.2) is 23.9 Å². The molecule has 1 aliphatic heterocycles. The fourth-order valence-electron chi connectivity index (χ4n) is 2.94. The van der Waals surface area contributed by atoms with Crippen molar-refractivity contribution < 1.29 is 4.79 Å². The van der Waals surface area contributed by atoms with Crippen molar-refractivity contribution in [2.45, 2.75) is 26.2 Å². The third-order valence-electron chi connectivity index (χ3n) is 4.09. The van der Waals surface area contributed by atoms with E-state index in [1.165, 1.54) is 16.8 Å². The smallest absolute Gasteiger partial charge is 0.159 e. The molecule has 3 nitrogen and oxygen atoms in total. The molecular weight excluding hydrogens is 260 g/mol. The lowest BCUT2D eigenvalue weighted by atomic mass is 9.97. The molecule has 0 N–H and O–H groups in total. The molecule has 0 saturated carbocycles. The van der Waals surface area contributed by atoms with Gasteiger partial charge in [0.15, 0.2) is 5.78 Å². The normalized spacial score (nSPS) is 13.9. The van der Waals surface area contributed by atoms with Gasteiger partial charge in [0.2, 0.25) is 0 Å². The number of rotatable bonds is 4. The van der Waals surface area contributed by atoms with Gasteiger partial charge in [-0.05, 0) is 61.6 Å². The zero-order valence-corrected chi connectivity index (χ0v) is 12.4. The van der Waals surface area contributed by atoms with E-state index >= 15 is 0 Å². The Bertz CT molecular complexity index is 637. The number of hydrogen-bond acceptors (Lipinski definition) is 3. The minimum absolute atomic E-state index is 0.144. The fraction of sp³-hybridized carbons (Fsp3) is 0.333. The average molecular weight is 280 g/mol. The van der Waals surface area contributed by atoms with Gasteiger partial charge in [-0.15, -0.1) is 0 Å². The van der Waals surface area contributed by atoms with Gasteiger partial charge in [-0.2, -0.15) is 0 Å². The van der Waals surface area contributed by atoms with Crippen molar-refractivity contribution in [3.8, 4) is 0 Å². The van der Waals surface area contributed by atoms with Crippen molar-refractivity contribution >= 4 is 11.5 Å². The van der Waals surface area contributed by atoms with Gasteiger partial charge in [0.25, 0.3) is 0 Å². The quantitative estimate of drug-likeness (QED) is 0.806. The maximum Gasteiger partial charge on any atom is 0.159 e. The molecule has 0 bridgehead atoms. The number of aromatic nitrogens is 1. The van der Waals surface area contributed by atoms with Gasteiger partial charge < -0.3 is 4.90 Å². The van der Waals surface area contributed by atoms with Gasteiger partial charge in [-0.1, -0.05) is 6.07 Å². The second-order valence-electron chi connectivity index (χ2n) is 5.60. The zero-order valence-electron chi connectivity index (χ0n) is 12.4. The van der Waals surface area contributed by atoms with E-state index in [0.717, 1.165) is 37.9 Å². The monoisotopic (exact) mass is 280 g/mol. The standard InChI is InChI=1S/C18H20N2O/c1-14(21)16-6-7-18-17(12-16)5-3-10-20(18)11-8-15-4-2-9-19-13-15/h2,4,6-7,9,12-13H,3,5,8,10-11H2,1H3. The first-order valence-corrected chi connectivity index (χ1v) is 7.52. The molecule has 0 spiro atoms. The van der Waals surface area contributed by atoms with E-state index in [0.29, 0.717) is 0 Å². The fourth-order valence-corrected chi connectivity index (χ4v) is 2.94. The molecule has 0 amide bonds. The van der Waals surface area contributed by atoms with Crippen LogP contribution in [0.25, 0.3) is 0 Å². The number of ketones is 1. The Kier molecular flexibility index (Phi) is 4.00. The Labute approximate surface area is 125 Å². The third kappa shape index (κ3) is 3.13. The van der Waals surface area contributed by atoms with Crippen LogP contribution in [0.5, 0.6) is 0 Å². The van der Waals surface area contributed by atoms with Crippen molar-refractivity contribution in [1.82, 2.24) is 4.98 Å². The molecule has 0 aliphatic carbocycles. The molecule has 1 aliphatic rings. The van der Waals surface area contributed by atoms with Crippen LogP contribution in [0.15, 0.2) is 42.7 Å². The number of Topliss-reactive ketones (excluding diaryl/α,β-unsaturated/α-hetero) is 1. The molecule has 3 rings (SSSR count). The van der Waals surface area contributed by atoms with E-state index in [2.05, 4.69) is 28.1 Å². The molecule has 0 unspecified atom stereocenters. The van der Waals surface area contributed by atoms with Crippen LogP contribution < -0.4 is 4.90 Å². The molecule has 1 aromatic heterocycles. The number of anilines is 1. The first kappa shape index (κ1) is 13.8. The van der Waals surface area contributed by atoms with E-state index in [1.807, 2.05) is 24.5 Å². The first-order valence-electron chi connectivity index (χ1n) is 7.52. The largest absolute Gasteiger partial charge is 0.371 e. The van der Waals surface area contributed by atoms with Crippen LogP contribution in [0.3, 0.4) is 0 Å². The molecule has 1 aromatic carbocycles. The average Bonchev–Trinajstić information content (AvgIpc) is 2.53. The number of carbonyl (C=O) groups excluding carboxylic acids is 1. The summed E-state index contributed by atoms with van der Waals surface area (Å²) in [7, 11) is 0. The highest BCUT2D eigenvalue weighted by molar-refractivity contribution is 5.94. The Balaban J connectivity index is 1.76. The lowest BCUT2D eigenvalue weighted by Crippen LogP contribution is -2.31. The third-order valence-corrected chi connectivity index (χ3v) is 4.09. The lowest BCUT2D eigenvalue weighted by Gasteiger charge is -2.31. The summed E-state index contributed by atoms with van der Waals surface area (Å²) in [6.45, 7) is 3.72. The van der Waals surface area contributed by atoms with Crippen LogP contribution in [0.1, 0.15) is 34.8 Å². The number of nitrogens with zero attached hydrogens (tertiary/aromatic N) is 2. The number of aryl methyl sites for hydroxylation is 1. The number of fused-ring (bicyclic) bond motifs is 1. The molecule has 2 heterocycles. The summed E-state index contributed by atoms with van der Waals surface area (Å²) in [5.74, 6) is 0.144. The topological polar surface area (TPSA) is 33.2 Å². The summed E-state index contributed by atoms with van der Waals surface area (Å²) < 4.78 is 0. The van der Waals surface area contributed by atoms with Crippen LogP contribution in [0.2, 0.25) is 0 Å². The molecular formula is C18H20N2O. The summed E-state index contributed by atoms with van der Waals surface area (Å²) >= 11 is 0. The van der Waals surface area contributed by atoms with Crippen LogP contribution in [-0.2, 0) is 12.8 Å². The van der Waals surface area contributed by atoms with Crippen molar-refractivity contribution in [3.63, 3.8) is 0 Å². The summed E-state index contributed by atoms with van der Waals surface area (Å²) in [6.07, 6.45) is 6.97. The summed E-state index contributed by atoms with van der Waals surface area (Å²) in [4.78, 5) is 18.1. The van der Waals surface area contributed by atoms with Crippen molar-refractivity contribution in [3.05, 3.63) is 59.4 Å². The molecule has 0 fully saturated rings. The van der Waals surface area contributed by atoms with E-state index in [1.54, 1.807) is 6.92 Å². The molecule has 108 valence electrons. The number of pyridine rings is 1. The van der Waals surface area contributed by atoms with Crippen LogP contribution in [0, 0.1) is 0 Å². The van der Waals surface area contributed by atoms with E-state index in [4.69, 9.17) is 0 Å². The van der Waals surface area contributed by atoms with Crippen molar-refractivity contribution in [2.24, 2.45) is 0 Å². The van der Waals surface area contributed by atoms with E-state index in [-0.39, 0.29) is 5.78 Å². The summed E-state index contributed by atoms with van der Waals surface area (Å²) in [5, 5.41) is 0. The maximum atomic E-state index is 11.5. The SMILES string of the molecule is CC(=O)c1ccc2c(c1)CCCN2CCc1cccnc1. The van der Waals surface area contributed by atoms with Crippen LogP contribution >= 0.6 is 0 Å². The predicted molar refractivity (Wildman–Crippen MR) is 84.9 cm³/mol. The highest BCUT2D eigenvalue weighted by atomic mass is 16.1. The van der Waals surface area contributed by atoms with Crippen LogP contribution in [0.4, 0.5) is 5.69 Å². The number of carbonyl (C=O) groups is 1. The molecule has 0 radical (unpaired) electrons. The molecule has 3 heteroatoms. The minimum Gasteiger partial charge on any atom is -0.371 e. The molecule has 21 heavy (non-hydrogen) atoms. The van der Waals surface area contributed by atoms with Gasteiger partial charge in [0.1, 0.15) is 0 Å². The molecule has 0 saturated heterocycles. The van der Waals surface area contributed by atoms with Crippen molar-refractivity contribution in [1.29, 1.82) is 0 Å². The first-order chi connectivity index (χ1) is 10.2. The lowest BCUT2D eigenvalue weighted by molar-refractivity contribution is 0.101. The Morgan fingerprint density at radius 2 is 2.24 bits per heavy atom. The zero-order chi connectivity index (χ0) is 14.7. The summed E-state index contributed by atoms with van der Waals surface area (Å²) in [5.41, 5.74) is 4.68. The predicted octanol–water partition coefficient (Wildman–Crippen LogP) is 3.28. The molecule has 0 atom stereocenters. The second-order valence-corrected chi connectivity index (χ2v) is 5.60. The Morgan fingerprint density at radius 3 is 3.00 bits per heavy atom. The van der Waals surface area contributed by atoms with Crippen molar-refractivity contribution in [2.75, 3.05) is 18.0 Å². The maximum absolute atomic E-state index is 11.5. The van der Waals surface area contributed by atoms with Gasteiger partial charge in [0.05, 0.1) is 0 Å². The van der Waals surface area contributed by atoms with Gasteiger partial charge in [-0.3, -0.25) is 9.78 Å². The van der Waals surface area contributed by atoms with Gasteiger partial charge in [-0.25, -0.2) is 0 Å². The number of benzene rings is 1. The minimum atomic E-state index is 0.144. The highest BCUT2D eigenvalue weighted by Crippen LogP contribution is 2.28. The Hall–Kier alpha value is -2.16. The highest BCUT2D eigenvalue weighted by Gasteiger charge is 2.17. The van der Waals surface area contributed by atoms with Gasteiger partial charge in [0, 0.05) is 36.7 Å². The van der Waals surface area contributed by atoms with Gasteiger partial charge >= 0.3 is 0 Å². The Morgan fingerprint density at radius 1 is 1.33 bits per heavy atom. The molecule has 2 aromatic rings. The summed E-state index contributed by atoms with van der Waals surface area (Å²) in [6, 6.07) is 10.2.